The van der Waals surface area contributed by atoms with E-state index in [1.54, 1.807) is 69.3 Å². The minimum atomic E-state index is -1.76. The fraction of sp³-hybridized carbons (Fsp3) is 0.382. The van der Waals surface area contributed by atoms with Gasteiger partial charge in [0, 0.05) is 42.5 Å². The summed E-state index contributed by atoms with van der Waals surface area (Å²) in [7, 11) is 0. The minimum absolute atomic E-state index is 0.00708. The molecule has 47 heavy (non-hydrogen) atoms. The molecular formula is C34H37F2N5O6. The molecule has 1 amide bonds. The quantitative estimate of drug-likeness (QED) is 0.0694. The fourth-order valence-corrected chi connectivity index (χ4v) is 5.12. The number of amides is 1. The predicted molar refractivity (Wildman–Crippen MR) is 169 cm³/mol. The summed E-state index contributed by atoms with van der Waals surface area (Å²) in [4.78, 5) is 35.0. The number of hydrogen-bond donors (Lipinski definition) is 2. The molecule has 0 saturated carbocycles. The highest BCUT2D eigenvalue weighted by molar-refractivity contribution is 6.01. The van der Waals surface area contributed by atoms with Crippen molar-refractivity contribution in [3.63, 3.8) is 0 Å². The van der Waals surface area contributed by atoms with Gasteiger partial charge in [0.05, 0.1) is 13.2 Å². The molecule has 13 heteroatoms. The van der Waals surface area contributed by atoms with Crippen molar-refractivity contribution in [1.82, 2.24) is 5.32 Å². The van der Waals surface area contributed by atoms with Gasteiger partial charge in [0.15, 0.2) is 11.6 Å². The molecule has 0 saturated heterocycles. The first-order chi connectivity index (χ1) is 22.4. The molecule has 0 aliphatic carbocycles. The van der Waals surface area contributed by atoms with Crippen molar-refractivity contribution >= 4 is 17.8 Å². The van der Waals surface area contributed by atoms with E-state index in [0.29, 0.717) is 35.5 Å². The maximum atomic E-state index is 14.3. The first kappa shape index (κ1) is 34.9. The van der Waals surface area contributed by atoms with Gasteiger partial charge in [0.25, 0.3) is 5.91 Å². The number of azide groups is 1. The molecule has 2 N–H and O–H groups in total. The van der Waals surface area contributed by atoms with Crippen LogP contribution < -0.4 is 10.1 Å². The standard InChI is InChI=1S/C34H37F2N5O6/c1-33(2,3)47-29(43)13-14-34(32(44)38-20-22-17-25(35)19-26(36)18-22)30(28-8-5-4-7-24(28)21-39-41-37)46-31(40-34)23-9-11-27(12-10-23)45-16-6-15-42/h4-5,7-12,17-19,30,42H,6,13-16,20-21H2,1-3H3,(H,38,44)/t30-,34-/m1/s1. The molecule has 11 nitrogen and oxygen atoms in total. The Morgan fingerprint density at radius 1 is 1.11 bits per heavy atom. The Labute approximate surface area is 271 Å². The van der Waals surface area contributed by atoms with Crippen molar-refractivity contribution in [2.45, 2.75) is 70.4 Å². The van der Waals surface area contributed by atoms with Crippen molar-refractivity contribution in [3.8, 4) is 5.75 Å². The summed E-state index contributed by atoms with van der Waals surface area (Å²) in [5, 5.41) is 15.5. The van der Waals surface area contributed by atoms with Crippen molar-refractivity contribution in [3.05, 3.63) is 111 Å². The number of aliphatic imine (C=N–C) groups is 1. The first-order valence-corrected chi connectivity index (χ1v) is 15.1. The van der Waals surface area contributed by atoms with Crippen LogP contribution in [0.1, 0.15) is 68.4 Å². The molecule has 4 rings (SSSR count). The number of aliphatic hydroxyl groups is 1. The van der Waals surface area contributed by atoms with Crippen LogP contribution in [0.25, 0.3) is 10.4 Å². The molecule has 1 aliphatic heterocycles. The second kappa shape index (κ2) is 15.5. The van der Waals surface area contributed by atoms with Crippen molar-refractivity contribution in [2.75, 3.05) is 13.2 Å². The molecule has 1 aliphatic rings. The number of esters is 1. The van der Waals surface area contributed by atoms with Crippen LogP contribution in [0, 0.1) is 11.6 Å². The van der Waals surface area contributed by atoms with E-state index in [1.807, 2.05) is 0 Å². The zero-order valence-electron chi connectivity index (χ0n) is 26.4. The summed E-state index contributed by atoms with van der Waals surface area (Å²) >= 11 is 0. The van der Waals surface area contributed by atoms with Crippen LogP contribution in [0.5, 0.6) is 5.75 Å². The van der Waals surface area contributed by atoms with Crippen LogP contribution in [0.2, 0.25) is 0 Å². The topological polar surface area (TPSA) is 155 Å². The maximum Gasteiger partial charge on any atom is 0.306 e. The van der Waals surface area contributed by atoms with E-state index in [4.69, 9.17) is 29.8 Å². The third-order valence-electron chi connectivity index (χ3n) is 7.18. The Kier molecular flexibility index (Phi) is 11.5. The van der Waals surface area contributed by atoms with Crippen LogP contribution in [-0.4, -0.2) is 47.2 Å². The molecule has 1 heterocycles. The second-order valence-electron chi connectivity index (χ2n) is 11.9. The molecular weight excluding hydrogens is 612 g/mol. The highest BCUT2D eigenvalue weighted by Gasteiger charge is 2.53. The molecule has 0 spiro atoms. The largest absolute Gasteiger partial charge is 0.494 e. The van der Waals surface area contributed by atoms with Gasteiger partial charge in [0.1, 0.15) is 23.0 Å². The van der Waals surface area contributed by atoms with E-state index < -0.39 is 40.8 Å². The van der Waals surface area contributed by atoms with Gasteiger partial charge in [-0.25, -0.2) is 13.8 Å². The van der Waals surface area contributed by atoms with E-state index in [2.05, 4.69) is 15.3 Å². The Morgan fingerprint density at radius 2 is 1.81 bits per heavy atom. The lowest BCUT2D eigenvalue weighted by Gasteiger charge is -2.32. The van der Waals surface area contributed by atoms with E-state index in [-0.39, 0.29) is 44.0 Å². The number of ether oxygens (including phenoxy) is 3. The minimum Gasteiger partial charge on any atom is -0.494 e. The Balaban J connectivity index is 1.79. The number of aliphatic hydroxyl groups excluding tert-OH is 1. The van der Waals surface area contributed by atoms with Crippen molar-refractivity contribution in [1.29, 1.82) is 0 Å². The van der Waals surface area contributed by atoms with E-state index in [0.717, 1.165) is 18.2 Å². The van der Waals surface area contributed by atoms with Gasteiger partial charge < -0.3 is 24.6 Å². The molecule has 0 aromatic heterocycles. The number of nitrogens with zero attached hydrogens (tertiary/aromatic N) is 4. The summed E-state index contributed by atoms with van der Waals surface area (Å²) in [5.74, 6) is -2.17. The number of carbonyl (C=O) groups excluding carboxylic acids is 2. The summed E-state index contributed by atoms with van der Waals surface area (Å²) in [6.07, 6.45) is -1.01. The lowest BCUT2D eigenvalue weighted by Crippen LogP contribution is -2.48. The Hall–Kier alpha value is -5.00. The van der Waals surface area contributed by atoms with Crippen LogP contribution in [0.15, 0.2) is 76.8 Å². The summed E-state index contributed by atoms with van der Waals surface area (Å²) in [6, 6.07) is 16.7. The van der Waals surface area contributed by atoms with E-state index >= 15 is 0 Å². The molecule has 0 bridgehead atoms. The molecule has 3 aromatic rings. The summed E-state index contributed by atoms with van der Waals surface area (Å²) < 4.78 is 45.5. The van der Waals surface area contributed by atoms with E-state index in [1.165, 1.54) is 0 Å². The third kappa shape index (κ3) is 9.27. The highest BCUT2D eigenvalue weighted by atomic mass is 19.1. The average molecular weight is 650 g/mol. The number of rotatable bonds is 14. The average Bonchev–Trinajstić information content (AvgIpc) is 3.42. The predicted octanol–water partition coefficient (Wildman–Crippen LogP) is 6.23. The molecule has 0 unspecified atom stereocenters. The molecule has 248 valence electrons. The van der Waals surface area contributed by atoms with Gasteiger partial charge in [-0.3, -0.25) is 9.59 Å². The first-order valence-electron chi connectivity index (χ1n) is 15.1. The van der Waals surface area contributed by atoms with Crippen LogP contribution in [0.4, 0.5) is 8.78 Å². The summed E-state index contributed by atoms with van der Waals surface area (Å²) in [6.45, 7) is 5.21. The van der Waals surface area contributed by atoms with Gasteiger partial charge in [0.2, 0.25) is 5.90 Å². The second-order valence-corrected chi connectivity index (χ2v) is 11.9. The number of hydrogen-bond acceptors (Lipinski definition) is 8. The zero-order valence-corrected chi connectivity index (χ0v) is 26.4. The van der Waals surface area contributed by atoms with Crippen LogP contribution >= 0.6 is 0 Å². The number of halogens is 2. The van der Waals surface area contributed by atoms with Crippen molar-refractivity contribution in [2.24, 2.45) is 10.1 Å². The Bertz CT molecular complexity index is 1630. The van der Waals surface area contributed by atoms with Crippen LogP contribution in [-0.2, 0) is 32.2 Å². The lowest BCUT2D eigenvalue weighted by molar-refractivity contribution is -0.155. The smallest absolute Gasteiger partial charge is 0.306 e. The summed E-state index contributed by atoms with van der Waals surface area (Å²) in [5.41, 5.74) is 8.24. The maximum absolute atomic E-state index is 14.3. The molecule has 3 aromatic carbocycles. The van der Waals surface area contributed by atoms with Gasteiger partial charge in [-0.15, -0.1) is 0 Å². The molecule has 0 fully saturated rings. The molecule has 0 radical (unpaired) electrons. The van der Waals surface area contributed by atoms with Gasteiger partial charge in [-0.2, -0.15) is 0 Å². The van der Waals surface area contributed by atoms with Gasteiger partial charge in [-0.05, 0) is 85.8 Å². The molecule has 2 atom stereocenters. The SMILES string of the molecule is CC(C)(C)OC(=O)CC[C@@]1(C(=O)NCc2cc(F)cc(F)c2)N=C(c2ccc(OCCCO)cc2)O[C@@H]1c1ccccc1CN=[N+]=[N-]. The monoisotopic (exact) mass is 649 g/mol. The zero-order chi connectivity index (χ0) is 34.0. The third-order valence-corrected chi connectivity index (χ3v) is 7.18. The highest BCUT2D eigenvalue weighted by Crippen LogP contribution is 2.44. The fourth-order valence-electron chi connectivity index (χ4n) is 5.12. The number of carbonyl (C=O) groups is 2. The number of nitrogens with one attached hydrogen (secondary N) is 1. The Morgan fingerprint density at radius 3 is 2.47 bits per heavy atom. The van der Waals surface area contributed by atoms with Crippen molar-refractivity contribution < 1.29 is 37.7 Å². The number of benzene rings is 3. The lowest BCUT2D eigenvalue weighted by atomic mass is 9.81. The van der Waals surface area contributed by atoms with Crippen LogP contribution in [0.3, 0.4) is 0 Å². The van der Waals surface area contributed by atoms with Gasteiger partial charge >= 0.3 is 5.97 Å². The normalized spacial score (nSPS) is 17.2. The van der Waals surface area contributed by atoms with Gasteiger partial charge in [-0.1, -0.05) is 29.4 Å². The van der Waals surface area contributed by atoms with E-state index in [9.17, 15) is 18.4 Å².